The summed E-state index contributed by atoms with van der Waals surface area (Å²) in [5.41, 5.74) is 1.64. The summed E-state index contributed by atoms with van der Waals surface area (Å²) >= 11 is 1.37. The number of nitrogens with zero attached hydrogens (tertiary/aromatic N) is 2. The molecule has 1 aliphatic heterocycles. The molecule has 1 heterocycles. The first-order chi connectivity index (χ1) is 14.6. The minimum atomic E-state index is -0.0555. The molecule has 0 N–H and O–H groups in total. The summed E-state index contributed by atoms with van der Waals surface area (Å²) in [6.07, 6.45) is 1.86. The standard InChI is InChI=1S/C23H26N2O4S/c1-5-25-22(26)21(15-16-8-13-19(29-7-3)20(14-16)27-4)30-23(25)24-17-9-11-18(12-10-17)28-6-2/h8-15H,5-7H2,1-4H3/b21-15+,24-23?. The molecule has 30 heavy (non-hydrogen) atoms. The van der Waals surface area contributed by atoms with Crippen molar-refractivity contribution in [2.45, 2.75) is 20.8 Å². The van der Waals surface area contributed by atoms with Crippen molar-refractivity contribution in [2.24, 2.45) is 4.99 Å². The lowest BCUT2D eigenvalue weighted by molar-refractivity contribution is -0.122. The smallest absolute Gasteiger partial charge is 0.266 e. The highest BCUT2D eigenvalue weighted by atomic mass is 32.2. The molecule has 0 unspecified atom stereocenters. The van der Waals surface area contributed by atoms with Crippen molar-refractivity contribution in [3.8, 4) is 17.2 Å². The largest absolute Gasteiger partial charge is 0.494 e. The zero-order valence-electron chi connectivity index (χ0n) is 17.7. The van der Waals surface area contributed by atoms with Crippen molar-refractivity contribution in [1.82, 2.24) is 4.90 Å². The molecule has 0 bridgehead atoms. The molecule has 0 saturated carbocycles. The van der Waals surface area contributed by atoms with E-state index in [1.807, 2.05) is 69.3 Å². The van der Waals surface area contributed by atoms with Gasteiger partial charge in [-0.3, -0.25) is 9.69 Å². The van der Waals surface area contributed by atoms with Gasteiger partial charge in [0.2, 0.25) is 0 Å². The van der Waals surface area contributed by atoms with E-state index in [1.54, 1.807) is 12.0 Å². The van der Waals surface area contributed by atoms with Gasteiger partial charge in [-0.1, -0.05) is 6.07 Å². The molecule has 7 heteroatoms. The maximum Gasteiger partial charge on any atom is 0.266 e. The highest BCUT2D eigenvalue weighted by Crippen LogP contribution is 2.36. The Bertz CT molecular complexity index is 954. The van der Waals surface area contributed by atoms with Crippen molar-refractivity contribution in [2.75, 3.05) is 26.9 Å². The van der Waals surface area contributed by atoms with E-state index in [0.29, 0.717) is 41.3 Å². The summed E-state index contributed by atoms with van der Waals surface area (Å²) in [5, 5.41) is 0.663. The average Bonchev–Trinajstić information content (AvgIpc) is 3.04. The zero-order chi connectivity index (χ0) is 21.5. The summed E-state index contributed by atoms with van der Waals surface area (Å²) < 4.78 is 16.4. The van der Waals surface area contributed by atoms with Crippen LogP contribution in [0.2, 0.25) is 0 Å². The molecule has 158 valence electrons. The number of hydrogen-bond acceptors (Lipinski definition) is 6. The first kappa shape index (κ1) is 21.8. The molecular formula is C23H26N2O4S. The Hall–Kier alpha value is -2.93. The zero-order valence-corrected chi connectivity index (χ0v) is 18.5. The molecule has 1 fully saturated rings. The minimum Gasteiger partial charge on any atom is -0.494 e. The van der Waals surface area contributed by atoms with Gasteiger partial charge in [-0.2, -0.15) is 0 Å². The molecule has 1 aliphatic rings. The number of carbonyl (C=O) groups excluding carboxylic acids is 1. The van der Waals surface area contributed by atoms with Crippen molar-refractivity contribution >= 4 is 34.6 Å². The van der Waals surface area contributed by atoms with E-state index in [1.165, 1.54) is 11.8 Å². The number of aliphatic imine (C=N–C) groups is 1. The molecule has 0 radical (unpaired) electrons. The number of hydrogen-bond donors (Lipinski definition) is 0. The maximum atomic E-state index is 12.9. The van der Waals surface area contributed by atoms with Crippen LogP contribution in [0.4, 0.5) is 5.69 Å². The van der Waals surface area contributed by atoms with Gasteiger partial charge < -0.3 is 14.2 Å². The Morgan fingerprint density at radius 2 is 1.73 bits per heavy atom. The second-order valence-corrected chi connectivity index (χ2v) is 7.33. The maximum absolute atomic E-state index is 12.9. The average molecular weight is 427 g/mol. The molecule has 6 nitrogen and oxygen atoms in total. The van der Waals surface area contributed by atoms with Gasteiger partial charge in [0.1, 0.15) is 5.75 Å². The number of rotatable bonds is 8. The Labute approximate surface area is 181 Å². The lowest BCUT2D eigenvalue weighted by atomic mass is 10.2. The SMILES string of the molecule is CCOc1ccc(N=C2S/C(=C/c3ccc(OCC)c(OC)c3)C(=O)N2CC)cc1. The third-order valence-electron chi connectivity index (χ3n) is 4.36. The lowest BCUT2D eigenvalue weighted by Crippen LogP contribution is -2.28. The molecule has 1 amide bonds. The van der Waals surface area contributed by atoms with Crippen LogP contribution in [0, 0.1) is 0 Å². The number of methoxy groups -OCH3 is 1. The third kappa shape index (κ3) is 4.97. The number of benzene rings is 2. The Morgan fingerprint density at radius 3 is 2.37 bits per heavy atom. The number of amides is 1. The minimum absolute atomic E-state index is 0.0555. The first-order valence-corrected chi connectivity index (χ1v) is 10.7. The highest BCUT2D eigenvalue weighted by molar-refractivity contribution is 8.18. The van der Waals surface area contributed by atoms with Crippen LogP contribution >= 0.6 is 11.8 Å². The second-order valence-electron chi connectivity index (χ2n) is 6.32. The number of ether oxygens (including phenoxy) is 3. The number of carbonyl (C=O) groups is 1. The van der Waals surface area contributed by atoms with Gasteiger partial charge in [-0.25, -0.2) is 4.99 Å². The summed E-state index contributed by atoms with van der Waals surface area (Å²) in [4.78, 5) is 19.9. The Balaban J connectivity index is 1.86. The van der Waals surface area contributed by atoms with Crippen LogP contribution in [0.25, 0.3) is 6.08 Å². The molecule has 0 atom stereocenters. The van der Waals surface area contributed by atoms with E-state index in [9.17, 15) is 4.79 Å². The van der Waals surface area contributed by atoms with Crippen LogP contribution in [0.1, 0.15) is 26.3 Å². The number of likely N-dealkylation sites (N-methyl/N-ethyl adjacent to an activating group) is 1. The topological polar surface area (TPSA) is 60.4 Å². The molecule has 0 aromatic heterocycles. The van der Waals surface area contributed by atoms with Crippen molar-refractivity contribution in [3.63, 3.8) is 0 Å². The first-order valence-electron chi connectivity index (χ1n) is 9.93. The van der Waals surface area contributed by atoms with E-state index in [4.69, 9.17) is 14.2 Å². The summed E-state index contributed by atoms with van der Waals surface area (Å²) in [7, 11) is 1.60. The molecule has 1 saturated heterocycles. The van der Waals surface area contributed by atoms with Gasteiger partial charge in [0.05, 0.1) is 30.9 Å². The Morgan fingerprint density at radius 1 is 1.00 bits per heavy atom. The van der Waals surface area contributed by atoms with Gasteiger partial charge in [-0.05, 0) is 80.6 Å². The third-order valence-corrected chi connectivity index (χ3v) is 5.37. The van der Waals surface area contributed by atoms with Crippen LogP contribution < -0.4 is 14.2 Å². The fraction of sp³-hybridized carbons (Fsp3) is 0.304. The summed E-state index contributed by atoms with van der Waals surface area (Å²) in [6, 6.07) is 13.2. The normalized spacial score (nSPS) is 16.4. The number of thioether (sulfide) groups is 1. The van der Waals surface area contributed by atoms with Crippen molar-refractivity contribution in [1.29, 1.82) is 0 Å². The second kappa shape index (κ2) is 10.2. The van der Waals surface area contributed by atoms with Crippen LogP contribution in [-0.4, -0.2) is 42.8 Å². The van der Waals surface area contributed by atoms with E-state index in [0.717, 1.165) is 17.0 Å². The summed E-state index contributed by atoms with van der Waals surface area (Å²) in [5.74, 6) is 2.06. The molecule has 0 spiro atoms. The predicted molar refractivity (Wildman–Crippen MR) is 122 cm³/mol. The summed E-state index contributed by atoms with van der Waals surface area (Å²) in [6.45, 7) is 7.53. The predicted octanol–water partition coefficient (Wildman–Crippen LogP) is 5.12. The highest BCUT2D eigenvalue weighted by Gasteiger charge is 2.32. The molecule has 2 aromatic rings. The van der Waals surface area contributed by atoms with Crippen molar-refractivity contribution in [3.05, 3.63) is 52.9 Å². The quantitative estimate of drug-likeness (QED) is 0.549. The molecule has 2 aromatic carbocycles. The Kier molecular flexibility index (Phi) is 7.41. The van der Waals surface area contributed by atoms with Gasteiger partial charge >= 0.3 is 0 Å². The lowest BCUT2D eigenvalue weighted by Gasteiger charge is -2.12. The van der Waals surface area contributed by atoms with Crippen molar-refractivity contribution < 1.29 is 19.0 Å². The molecule has 3 rings (SSSR count). The fourth-order valence-corrected chi connectivity index (χ4v) is 4.03. The van der Waals surface area contributed by atoms with Gasteiger partial charge in [0.15, 0.2) is 16.7 Å². The fourth-order valence-electron chi connectivity index (χ4n) is 2.96. The van der Waals surface area contributed by atoms with Crippen LogP contribution in [0.5, 0.6) is 17.2 Å². The number of amidine groups is 1. The van der Waals surface area contributed by atoms with Gasteiger partial charge in [-0.15, -0.1) is 0 Å². The van der Waals surface area contributed by atoms with Crippen LogP contribution in [0.3, 0.4) is 0 Å². The van der Waals surface area contributed by atoms with E-state index < -0.39 is 0 Å². The van der Waals surface area contributed by atoms with E-state index >= 15 is 0 Å². The monoisotopic (exact) mass is 426 g/mol. The van der Waals surface area contributed by atoms with E-state index in [-0.39, 0.29) is 5.91 Å². The van der Waals surface area contributed by atoms with Gasteiger partial charge in [0, 0.05) is 6.54 Å². The molecular weight excluding hydrogens is 400 g/mol. The van der Waals surface area contributed by atoms with Crippen LogP contribution in [-0.2, 0) is 4.79 Å². The van der Waals surface area contributed by atoms with E-state index in [2.05, 4.69) is 4.99 Å². The van der Waals surface area contributed by atoms with Crippen LogP contribution in [0.15, 0.2) is 52.4 Å². The molecule has 0 aliphatic carbocycles. The van der Waals surface area contributed by atoms with Gasteiger partial charge in [0.25, 0.3) is 5.91 Å².